The van der Waals surface area contributed by atoms with Crippen molar-refractivity contribution in [3.05, 3.63) is 88.5 Å². The average Bonchev–Trinajstić information content (AvgIpc) is 2.76. The van der Waals surface area contributed by atoms with E-state index in [9.17, 15) is 13.2 Å². The second kappa shape index (κ2) is 9.62. The molecule has 0 fully saturated rings. The highest BCUT2D eigenvalue weighted by Crippen LogP contribution is 2.40. The molecule has 1 unspecified atom stereocenters. The lowest BCUT2D eigenvalue weighted by atomic mass is 9.89. The van der Waals surface area contributed by atoms with E-state index in [1.165, 1.54) is 4.31 Å². The van der Waals surface area contributed by atoms with Crippen LogP contribution in [0.5, 0.6) is 5.75 Å². The zero-order valence-corrected chi connectivity index (χ0v) is 22.6. The summed E-state index contributed by atoms with van der Waals surface area (Å²) in [5.41, 5.74) is 4.76. The third-order valence-electron chi connectivity index (χ3n) is 6.35. The summed E-state index contributed by atoms with van der Waals surface area (Å²) in [6.07, 6.45) is 0.572. The van der Waals surface area contributed by atoms with Gasteiger partial charge in [-0.2, -0.15) is 0 Å². The lowest BCUT2D eigenvalue weighted by Gasteiger charge is -2.38. The van der Waals surface area contributed by atoms with E-state index >= 15 is 0 Å². The van der Waals surface area contributed by atoms with Crippen LogP contribution in [0.4, 0.5) is 5.69 Å². The smallest absolute Gasteiger partial charge is 0.264 e. The van der Waals surface area contributed by atoms with Crippen molar-refractivity contribution in [2.24, 2.45) is 0 Å². The number of sulfonamides is 1. The first-order valence-corrected chi connectivity index (χ1v) is 13.5. The first-order chi connectivity index (χ1) is 16.8. The maximum absolute atomic E-state index is 13.8. The molecule has 3 aromatic carbocycles. The Balaban J connectivity index is 1.68. The standard InChI is InChI=1S/C29H34N2O4S/c1-19-7-10-24(11-8-19)36(33,34)31(23-14-21(3)13-22(4)15-23)18-28(32)30-26-17-29(5,6)35-27-16-20(2)9-12-25(26)27/h7-16,26H,17-18H2,1-6H3,(H,30,32). The maximum Gasteiger partial charge on any atom is 0.264 e. The number of anilines is 1. The Morgan fingerprint density at radius 3 is 2.17 bits per heavy atom. The number of benzene rings is 3. The summed E-state index contributed by atoms with van der Waals surface area (Å²) < 4.78 is 34.9. The van der Waals surface area contributed by atoms with Crippen molar-refractivity contribution in [2.45, 2.75) is 64.5 Å². The van der Waals surface area contributed by atoms with Gasteiger partial charge in [-0.25, -0.2) is 8.42 Å². The molecular weight excluding hydrogens is 472 g/mol. The van der Waals surface area contributed by atoms with Gasteiger partial charge in [0, 0.05) is 12.0 Å². The number of amides is 1. The number of nitrogens with one attached hydrogen (secondary N) is 1. The Kier molecular flexibility index (Phi) is 6.88. The predicted molar refractivity (Wildman–Crippen MR) is 143 cm³/mol. The monoisotopic (exact) mass is 506 g/mol. The van der Waals surface area contributed by atoms with Gasteiger partial charge >= 0.3 is 0 Å². The lowest BCUT2D eigenvalue weighted by molar-refractivity contribution is -0.120. The molecule has 0 aromatic heterocycles. The summed E-state index contributed by atoms with van der Waals surface area (Å²) in [7, 11) is -3.98. The summed E-state index contributed by atoms with van der Waals surface area (Å²) in [5.74, 6) is 0.370. The van der Waals surface area contributed by atoms with Crippen LogP contribution in [0.2, 0.25) is 0 Å². The highest BCUT2D eigenvalue weighted by Gasteiger charge is 2.35. The van der Waals surface area contributed by atoms with Crippen LogP contribution in [0.1, 0.15) is 54.1 Å². The number of carbonyl (C=O) groups is 1. The van der Waals surface area contributed by atoms with E-state index in [0.717, 1.165) is 33.6 Å². The fourth-order valence-electron chi connectivity index (χ4n) is 4.71. The van der Waals surface area contributed by atoms with Gasteiger partial charge in [0.1, 0.15) is 17.9 Å². The van der Waals surface area contributed by atoms with Crippen molar-refractivity contribution < 1.29 is 17.9 Å². The SMILES string of the molecule is Cc1ccc(S(=O)(=O)N(CC(=O)NC2CC(C)(C)Oc3cc(C)ccc32)c2cc(C)cc(C)c2)cc1. The average molecular weight is 507 g/mol. The Morgan fingerprint density at radius 2 is 1.53 bits per heavy atom. The van der Waals surface area contributed by atoms with E-state index in [2.05, 4.69) is 5.32 Å². The molecule has 0 bridgehead atoms. The van der Waals surface area contributed by atoms with Gasteiger partial charge in [0.25, 0.3) is 10.0 Å². The van der Waals surface area contributed by atoms with Gasteiger partial charge in [0.2, 0.25) is 5.91 Å². The van der Waals surface area contributed by atoms with Gasteiger partial charge in [-0.05, 0) is 88.6 Å². The minimum absolute atomic E-state index is 0.146. The Labute approximate surface area is 214 Å². The molecule has 0 radical (unpaired) electrons. The lowest BCUT2D eigenvalue weighted by Crippen LogP contribution is -2.45. The molecular formula is C29H34N2O4S. The molecule has 1 aliphatic rings. The van der Waals surface area contributed by atoms with Gasteiger partial charge < -0.3 is 10.1 Å². The number of aryl methyl sites for hydroxylation is 4. The molecule has 7 heteroatoms. The van der Waals surface area contributed by atoms with Gasteiger partial charge in [-0.3, -0.25) is 9.10 Å². The van der Waals surface area contributed by atoms with E-state index in [4.69, 9.17) is 4.74 Å². The van der Waals surface area contributed by atoms with Crippen LogP contribution in [-0.4, -0.2) is 26.5 Å². The number of hydrogen-bond acceptors (Lipinski definition) is 4. The normalized spacial score (nSPS) is 16.6. The molecule has 3 aromatic rings. The molecule has 1 aliphatic heterocycles. The molecule has 0 saturated carbocycles. The fraction of sp³-hybridized carbons (Fsp3) is 0.345. The minimum atomic E-state index is -3.98. The van der Waals surface area contributed by atoms with Crippen LogP contribution in [-0.2, 0) is 14.8 Å². The van der Waals surface area contributed by atoms with Gasteiger partial charge in [-0.15, -0.1) is 0 Å². The van der Waals surface area contributed by atoms with Crippen molar-refractivity contribution in [3.63, 3.8) is 0 Å². The van der Waals surface area contributed by atoms with E-state index in [1.54, 1.807) is 36.4 Å². The highest BCUT2D eigenvalue weighted by molar-refractivity contribution is 7.92. The number of rotatable bonds is 6. The molecule has 190 valence electrons. The summed E-state index contributed by atoms with van der Waals surface area (Å²) in [6.45, 7) is 11.4. The highest BCUT2D eigenvalue weighted by atomic mass is 32.2. The number of carbonyl (C=O) groups excluding carboxylic acids is 1. The van der Waals surface area contributed by atoms with Crippen molar-refractivity contribution in [2.75, 3.05) is 10.8 Å². The Bertz CT molecular complexity index is 1380. The number of hydrogen-bond donors (Lipinski definition) is 1. The molecule has 1 heterocycles. The van der Waals surface area contributed by atoms with Crippen molar-refractivity contribution >= 4 is 21.6 Å². The summed E-state index contributed by atoms with van der Waals surface area (Å²) in [6, 6.07) is 17.9. The number of fused-ring (bicyclic) bond motifs is 1. The molecule has 1 N–H and O–H groups in total. The van der Waals surface area contributed by atoms with Crippen LogP contribution < -0.4 is 14.4 Å². The number of ether oxygens (including phenoxy) is 1. The van der Waals surface area contributed by atoms with Crippen LogP contribution >= 0.6 is 0 Å². The third-order valence-corrected chi connectivity index (χ3v) is 8.14. The predicted octanol–water partition coefficient (Wildman–Crippen LogP) is 5.53. The second-order valence-corrected chi connectivity index (χ2v) is 12.3. The van der Waals surface area contributed by atoms with E-state index in [0.29, 0.717) is 12.1 Å². The first kappa shape index (κ1) is 25.8. The zero-order valence-electron chi connectivity index (χ0n) is 21.8. The largest absolute Gasteiger partial charge is 0.487 e. The van der Waals surface area contributed by atoms with Crippen LogP contribution in [0.25, 0.3) is 0 Å². The molecule has 1 atom stereocenters. The molecule has 4 rings (SSSR count). The van der Waals surface area contributed by atoms with E-state index in [-0.39, 0.29) is 23.4 Å². The molecule has 0 aliphatic carbocycles. The van der Waals surface area contributed by atoms with Crippen LogP contribution in [0.15, 0.2) is 65.6 Å². The van der Waals surface area contributed by atoms with Crippen molar-refractivity contribution in [1.82, 2.24) is 5.32 Å². The van der Waals surface area contributed by atoms with Crippen LogP contribution in [0, 0.1) is 27.7 Å². The first-order valence-electron chi connectivity index (χ1n) is 12.1. The fourth-order valence-corrected chi connectivity index (χ4v) is 6.11. The number of nitrogens with zero attached hydrogens (tertiary/aromatic N) is 1. The summed E-state index contributed by atoms with van der Waals surface area (Å²) >= 11 is 0. The Hall–Kier alpha value is -3.32. The van der Waals surface area contributed by atoms with Gasteiger partial charge in [-0.1, -0.05) is 35.9 Å². The molecule has 1 amide bonds. The summed E-state index contributed by atoms with van der Waals surface area (Å²) in [5, 5.41) is 3.09. The van der Waals surface area contributed by atoms with Crippen molar-refractivity contribution in [3.8, 4) is 5.75 Å². The van der Waals surface area contributed by atoms with Crippen LogP contribution in [0.3, 0.4) is 0 Å². The molecule has 6 nitrogen and oxygen atoms in total. The topological polar surface area (TPSA) is 75.7 Å². The molecule has 0 spiro atoms. The molecule has 36 heavy (non-hydrogen) atoms. The van der Waals surface area contributed by atoms with E-state index < -0.39 is 15.6 Å². The summed E-state index contributed by atoms with van der Waals surface area (Å²) in [4.78, 5) is 13.6. The maximum atomic E-state index is 13.8. The quantitative estimate of drug-likeness (QED) is 0.477. The van der Waals surface area contributed by atoms with Gasteiger partial charge in [0.05, 0.1) is 16.6 Å². The zero-order chi connectivity index (χ0) is 26.3. The molecule has 0 saturated heterocycles. The van der Waals surface area contributed by atoms with Crippen molar-refractivity contribution in [1.29, 1.82) is 0 Å². The van der Waals surface area contributed by atoms with Gasteiger partial charge in [0.15, 0.2) is 0 Å². The third kappa shape index (κ3) is 5.57. The Morgan fingerprint density at radius 1 is 0.917 bits per heavy atom. The second-order valence-electron chi connectivity index (χ2n) is 10.4. The van der Waals surface area contributed by atoms with E-state index in [1.807, 2.05) is 65.8 Å². The minimum Gasteiger partial charge on any atom is -0.487 e.